The quantitative estimate of drug-likeness (QED) is 0.862. The summed E-state index contributed by atoms with van der Waals surface area (Å²) in [5.41, 5.74) is 2.06. The molecule has 2 aliphatic rings. The second-order valence-electron chi connectivity index (χ2n) is 7.57. The molecule has 1 aromatic carbocycles. The van der Waals surface area contributed by atoms with Crippen molar-refractivity contribution < 1.29 is 9.90 Å². The van der Waals surface area contributed by atoms with Gasteiger partial charge in [0.15, 0.2) is 0 Å². The molecule has 0 bridgehead atoms. The predicted molar refractivity (Wildman–Crippen MR) is 97.2 cm³/mol. The van der Waals surface area contributed by atoms with Crippen LogP contribution < -0.4 is 5.32 Å². The first kappa shape index (κ1) is 17.8. The smallest absolute Gasteiger partial charge is 0.322 e. The Bertz CT molecular complexity index is 682. The number of rotatable bonds is 2. The maximum Gasteiger partial charge on any atom is 0.322 e. The van der Waals surface area contributed by atoms with Gasteiger partial charge in [-0.05, 0) is 62.6 Å². The number of hydrogen-bond acceptors (Lipinski definition) is 3. The van der Waals surface area contributed by atoms with E-state index >= 15 is 0 Å². The average molecular weight is 341 g/mol. The molecule has 1 aliphatic heterocycles. The first-order valence-electron chi connectivity index (χ1n) is 9.26. The van der Waals surface area contributed by atoms with Crippen LogP contribution in [0.4, 0.5) is 10.5 Å². The Morgan fingerprint density at radius 2 is 2.16 bits per heavy atom. The van der Waals surface area contributed by atoms with Crippen molar-refractivity contribution in [2.45, 2.75) is 58.1 Å². The van der Waals surface area contributed by atoms with Gasteiger partial charge in [0.2, 0.25) is 0 Å². The molecular formula is C20H27N3O2. The fourth-order valence-electron chi connectivity index (χ4n) is 4.39. The predicted octanol–water partition coefficient (Wildman–Crippen LogP) is 3.66. The third-order valence-electron chi connectivity index (χ3n) is 5.87. The van der Waals surface area contributed by atoms with Gasteiger partial charge in [-0.1, -0.05) is 13.0 Å². The molecule has 5 nitrogen and oxygen atoms in total. The lowest BCUT2D eigenvalue weighted by Gasteiger charge is -2.39. The molecule has 134 valence electrons. The van der Waals surface area contributed by atoms with Crippen molar-refractivity contribution in [1.29, 1.82) is 5.26 Å². The van der Waals surface area contributed by atoms with Crippen molar-refractivity contribution in [3.05, 3.63) is 29.3 Å². The van der Waals surface area contributed by atoms with Gasteiger partial charge in [-0.3, -0.25) is 0 Å². The minimum Gasteiger partial charge on any atom is -0.393 e. The van der Waals surface area contributed by atoms with E-state index in [1.807, 2.05) is 17.9 Å². The number of nitrogens with one attached hydrogen (secondary N) is 1. The van der Waals surface area contributed by atoms with Crippen molar-refractivity contribution in [3.8, 4) is 6.07 Å². The standard InChI is InChI=1S/C20H27N3O2/c1-13-8-9-19(24)16(11-13)18-7-4-10-23(18)20(25)22-17-6-3-5-15(12-21)14(17)2/h3,5-6,13,16,18-19,24H,4,7-11H2,1-2H3,(H,22,25). The number of carbonyl (C=O) groups excluding carboxylic acids is 1. The Kier molecular flexibility index (Phi) is 5.29. The maximum absolute atomic E-state index is 12.9. The number of amides is 2. The molecule has 4 atom stereocenters. The SMILES string of the molecule is Cc1c(C#N)cccc1NC(=O)N1CCCC1C1CC(C)CCC1O. The van der Waals surface area contributed by atoms with Crippen molar-refractivity contribution >= 4 is 11.7 Å². The molecule has 0 spiro atoms. The summed E-state index contributed by atoms with van der Waals surface area (Å²) in [5.74, 6) is 0.775. The Balaban J connectivity index is 1.74. The molecule has 1 saturated heterocycles. The Morgan fingerprint density at radius 1 is 1.36 bits per heavy atom. The van der Waals surface area contributed by atoms with Crippen LogP contribution >= 0.6 is 0 Å². The van der Waals surface area contributed by atoms with Crippen LogP contribution in [0.5, 0.6) is 0 Å². The largest absolute Gasteiger partial charge is 0.393 e. The van der Waals surface area contributed by atoms with Crippen LogP contribution in [0, 0.1) is 30.1 Å². The maximum atomic E-state index is 12.9. The van der Waals surface area contributed by atoms with Gasteiger partial charge in [0.25, 0.3) is 0 Å². The van der Waals surface area contributed by atoms with Gasteiger partial charge in [-0.2, -0.15) is 5.26 Å². The van der Waals surface area contributed by atoms with Gasteiger partial charge in [0.05, 0.1) is 17.7 Å². The highest BCUT2D eigenvalue weighted by Gasteiger charge is 2.40. The lowest BCUT2D eigenvalue weighted by atomic mass is 9.76. The van der Waals surface area contributed by atoms with E-state index in [1.54, 1.807) is 12.1 Å². The molecule has 2 N–H and O–H groups in total. The number of aliphatic hydroxyl groups is 1. The summed E-state index contributed by atoms with van der Waals surface area (Å²) in [5, 5.41) is 22.6. The van der Waals surface area contributed by atoms with E-state index in [9.17, 15) is 9.90 Å². The van der Waals surface area contributed by atoms with Crippen LogP contribution in [-0.4, -0.2) is 34.7 Å². The lowest BCUT2D eigenvalue weighted by molar-refractivity contribution is 0.0165. The molecule has 2 fully saturated rings. The summed E-state index contributed by atoms with van der Waals surface area (Å²) in [7, 11) is 0. The monoisotopic (exact) mass is 341 g/mol. The highest BCUT2D eigenvalue weighted by atomic mass is 16.3. The Morgan fingerprint density at radius 3 is 2.92 bits per heavy atom. The highest BCUT2D eigenvalue weighted by Crippen LogP contribution is 2.37. The Labute approximate surface area is 149 Å². The van der Waals surface area contributed by atoms with Crippen LogP contribution in [0.15, 0.2) is 18.2 Å². The molecule has 5 heteroatoms. The van der Waals surface area contributed by atoms with E-state index in [0.717, 1.165) is 44.2 Å². The minimum atomic E-state index is -0.307. The van der Waals surface area contributed by atoms with Crippen molar-refractivity contribution in [2.75, 3.05) is 11.9 Å². The molecule has 0 aromatic heterocycles. The topological polar surface area (TPSA) is 76.4 Å². The molecular weight excluding hydrogens is 314 g/mol. The van der Waals surface area contributed by atoms with Gasteiger partial charge >= 0.3 is 6.03 Å². The van der Waals surface area contributed by atoms with Crippen molar-refractivity contribution in [2.24, 2.45) is 11.8 Å². The number of hydrogen-bond donors (Lipinski definition) is 2. The number of nitriles is 1. The van der Waals surface area contributed by atoms with Crippen molar-refractivity contribution in [3.63, 3.8) is 0 Å². The summed E-state index contributed by atoms with van der Waals surface area (Å²) in [6, 6.07) is 7.51. The van der Waals surface area contributed by atoms with E-state index in [4.69, 9.17) is 5.26 Å². The van der Waals surface area contributed by atoms with Crippen LogP contribution in [0.2, 0.25) is 0 Å². The summed E-state index contributed by atoms with van der Waals surface area (Å²) in [4.78, 5) is 14.8. The second-order valence-corrected chi connectivity index (χ2v) is 7.57. The van der Waals surface area contributed by atoms with Crippen molar-refractivity contribution in [1.82, 2.24) is 4.90 Å². The molecule has 2 amide bonds. The molecule has 3 rings (SSSR count). The van der Waals surface area contributed by atoms with Gasteiger partial charge in [0, 0.05) is 24.2 Å². The molecule has 1 aromatic rings. The third kappa shape index (κ3) is 3.64. The molecule has 1 saturated carbocycles. The van der Waals surface area contributed by atoms with Gasteiger partial charge in [-0.25, -0.2) is 4.79 Å². The molecule has 1 heterocycles. The van der Waals surface area contributed by atoms with Crippen LogP contribution in [0.1, 0.15) is 50.2 Å². The summed E-state index contributed by atoms with van der Waals surface area (Å²) >= 11 is 0. The van der Waals surface area contributed by atoms with Gasteiger partial charge in [0.1, 0.15) is 0 Å². The van der Waals surface area contributed by atoms with Crippen LogP contribution in [-0.2, 0) is 0 Å². The fraction of sp³-hybridized carbons (Fsp3) is 0.600. The third-order valence-corrected chi connectivity index (χ3v) is 5.87. The second kappa shape index (κ2) is 7.45. The Hall–Kier alpha value is -2.06. The van der Waals surface area contributed by atoms with Gasteiger partial charge < -0.3 is 15.3 Å². The number of benzene rings is 1. The fourth-order valence-corrected chi connectivity index (χ4v) is 4.39. The van der Waals surface area contributed by atoms with E-state index < -0.39 is 0 Å². The van der Waals surface area contributed by atoms with Crippen LogP contribution in [0.3, 0.4) is 0 Å². The zero-order chi connectivity index (χ0) is 18.0. The average Bonchev–Trinajstić information content (AvgIpc) is 3.08. The number of urea groups is 1. The van der Waals surface area contributed by atoms with E-state index in [1.165, 1.54) is 0 Å². The minimum absolute atomic E-state index is 0.109. The number of nitrogens with zero attached hydrogens (tertiary/aromatic N) is 2. The summed E-state index contributed by atoms with van der Waals surface area (Å²) in [6.45, 7) is 4.81. The number of likely N-dealkylation sites (tertiary alicyclic amines) is 1. The van der Waals surface area contributed by atoms with Crippen LogP contribution in [0.25, 0.3) is 0 Å². The number of carbonyl (C=O) groups is 1. The molecule has 0 radical (unpaired) electrons. The molecule has 1 aliphatic carbocycles. The van der Waals surface area contributed by atoms with E-state index in [-0.39, 0.29) is 24.1 Å². The molecule has 4 unspecified atom stereocenters. The summed E-state index contributed by atoms with van der Waals surface area (Å²) < 4.78 is 0. The van der Waals surface area contributed by atoms with E-state index in [2.05, 4.69) is 18.3 Å². The zero-order valence-electron chi connectivity index (χ0n) is 15.0. The molecule has 25 heavy (non-hydrogen) atoms. The lowest BCUT2D eigenvalue weighted by Crippen LogP contribution is -2.47. The number of aliphatic hydroxyl groups excluding tert-OH is 1. The highest BCUT2D eigenvalue weighted by molar-refractivity contribution is 5.91. The normalized spacial score (nSPS) is 29.3. The first-order valence-corrected chi connectivity index (χ1v) is 9.26. The van der Waals surface area contributed by atoms with E-state index in [0.29, 0.717) is 17.2 Å². The number of anilines is 1. The summed E-state index contributed by atoms with van der Waals surface area (Å²) in [6.07, 6.45) is 4.51. The van der Waals surface area contributed by atoms with Gasteiger partial charge in [-0.15, -0.1) is 0 Å². The zero-order valence-corrected chi connectivity index (χ0v) is 15.0. The first-order chi connectivity index (χ1) is 12.0.